The van der Waals surface area contributed by atoms with Gasteiger partial charge >= 0.3 is 11.9 Å². The number of hydrogen-bond acceptors (Lipinski definition) is 6. The molecule has 1 aliphatic rings. The summed E-state index contributed by atoms with van der Waals surface area (Å²) in [5.74, 6) is -0.104. The Balaban J connectivity index is 2.17. The zero-order valence-corrected chi connectivity index (χ0v) is 17.6. The van der Waals surface area contributed by atoms with Crippen LogP contribution in [0.4, 0.5) is 0 Å². The third kappa shape index (κ3) is 5.57. The number of rotatable bonds is 6. The molecule has 1 aromatic carbocycles. The topological polar surface area (TPSA) is 71.1 Å². The third-order valence-corrected chi connectivity index (χ3v) is 5.47. The Hall–Kier alpha value is -1.35. The van der Waals surface area contributed by atoms with Crippen molar-refractivity contribution in [2.24, 2.45) is 11.8 Å². The summed E-state index contributed by atoms with van der Waals surface area (Å²) in [6.45, 7) is 6.84. The largest absolute Gasteiger partial charge is 0.463 e. The highest BCUT2D eigenvalue weighted by atomic mass is 127. The molecule has 26 heavy (non-hydrogen) atoms. The number of halogens is 1. The molecule has 7 heteroatoms. The van der Waals surface area contributed by atoms with Gasteiger partial charge in [0.05, 0.1) is 6.10 Å². The van der Waals surface area contributed by atoms with Crippen molar-refractivity contribution < 1.29 is 28.5 Å². The number of ether oxygens (including phenoxy) is 4. The molecule has 6 nitrogen and oxygen atoms in total. The molecule has 2 rings (SSSR count). The van der Waals surface area contributed by atoms with E-state index in [1.165, 1.54) is 19.4 Å². The van der Waals surface area contributed by atoms with E-state index in [0.29, 0.717) is 5.75 Å². The highest BCUT2D eigenvalue weighted by molar-refractivity contribution is 14.1. The summed E-state index contributed by atoms with van der Waals surface area (Å²) in [6.07, 6.45) is -1.64. The third-order valence-electron chi connectivity index (χ3n) is 4.59. The number of hydrogen-bond donors (Lipinski definition) is 0. The summed E-state index contributed by atoms with van der Waals surface area (Å²) in [5, 5.41) is 0. The van der Waals surface area contributed by atoms with Gasteiger partial charge in [0.2, 0.25) is 6.29 Å². The number of carbonyl (C=O) groups is 2. The maximum atomic E-state index is 11.5. The molecule has 1 aliphatic heterocycles. The van der Waals surface area contributed by atoms with Crippen LogP contribution in [0.5, 0.6) is 5.75 Å². The fourth-order valence-corrected chi connectivity index (χ4v) is 3.40. The van der Waals surface area contributed by atoms with Crippen LogP contribution in [0, 0.1) is 11.8 Å². The van der Waals surface area contributed by atoms with Gasteiger partial charge in [-0.1, -0.05) is 48.6 Å². The van der Waals surface area contributed by atoms with Crippen molar-refractivity contribution in [1.82, 2.24) is 0 Å². The monoisotopic (exact) mass is 476 g/mol. The quantitative estimate of drug-likeness (QED) is 0.356. The minimum atomic E-state index is -0.767. The maximum Gasteiger partial charge on any atom is 0.303 e. The summed E-state index contributed by atoms with van der Waals surface area (Å²) in [7, 11) is 0. The summed E-state index contributed by atoms with van der Waals surface area (Å²) in [4.78, 5) is 22.7. The van der Waals surface area contributed by atoms with Gasteiger partial charge in [-0.05, 0) is 23.6 Å². The predicted octanol–water partition coefficient (Wildman–Crippen LogP) is 3.49. The zero-order valence-electron chi connectivity index (χ0n) is 15.4. The SMILES string of the molecule is CC(=O)OCC1O[C@@H](Oc2ccc(CI)cc2)C(OC(C)=O)[C@@H](C)[C@H]1C. The van der Waals surface area contributed by atoms with Gasteiger partial charge in [-0.2, -0.15) is 0 Å². The van der Waals surface area contributed by atoms with Crippen LogP contribution in [0.15, 0.2) is 24.3 Å². The van der Waals surface area contributed by atoms with E-state index in [9.17, 15) is 9.59 Å². The average Bonchev–Trinajstić information content (AvgIpc) is 2.60. The second-order valence-corrected chi connectivity index (χ2v) is 7.30. The number of benzene rings is 1. The minimum absolute atomic E-state index is 0.0215. The molecule has 5 atom stereocenters. The molecule has 0 aromatic heterocycles. The van der Waals surface area contributed by atoms with Crippen LogP contribution in [-0.4, -0.2) is 37.0 Å². The molecule has 1 aromatic rings. The molecule has 0 amide bonds. The lowest BCUT2D eigenvalue weighted by Gasteiger charge is -2.43. The molecule has 1 fully saturated rings. The van der Waals surface area contributed by atoms with Crippen LogP contribution in [0.1, 0.15) is 33.3 Å². The van der Waals surface area contributed by atoms with E-state index in [1.807, 2.05) is 38.1 Å². The van der Waals surface area contributed by atoms with Crippen molar-refractivity contribution in [1.29, 1.82) is 0 Å². The Bertz CT molecular complexity index is 615. The molecule has 0 bridgehead atoms. The van der Waals surface area contributed by atoms with Gasteiger partial charge in [0.15, 0.2) is 6.10 Å². The number of carbonyl (C=O) groups excluding carboxylic acids is 2. The van der Waals surface area contributed by atoms with Crippen molar-refractivity contribution in [2.75, 3.05) is 6.61 Å². The molecule has 0 N–H and O–H groups in total. The Morgan fingerprint density at radius 2 is 1.73 bits per heavy atom. The van der Waals surface area contributed by atoms with E-state index < -0.39 is 12.4 Å². The Morgan fingerprint density at radius 3 is 2.27 bits per heavy atom. The molecule has 0 spiro atoms. The van der Waals surface area contributed by atoms with Crippen LogP contribution in [-0.2, 0) is 28.2 Å². The van der Waals surface area contributed by atoms with Crippen LogP contribution >= 0.6 is 22.6 Å². The van der Waals surface area contributed by atoms with Crippen molar-refractivity contribution >= 4 is 34.5 Å². The summed E-state index contributed by atoms with van der Waals surface area (Å²) in [6, 6.07) is 7.69. The first-order valence-electron chi connectivity index (χ1n) is 8.59. The Labute approximate surface area is 167 Å². The van der Waals surface area contributed by atoms with Crippen molar-refractivity contribution in [3.05, 3.63) is 29.8 Å². The van der Waals surface area contributed by atoms with Crippen LogP contribution in [0.2, 0.25) is 0 Å². The van der Waals surface area contributed by atoms with Gasteiger partial charge in [-0.15, -0.1) is 0 Å². The van der Waals surface area contributed by atoms with E-state index in [2.05, 4.69) is 22.6 Å². The Kier molecular flexibility index (Phi) is 7.69. The van der Waals surface area contributed by atoms with Gasteiger partial charge in [-0.25, -0.2) is 0 Å². The zero-order chi connectivity index (χ0) is 19.3. The number of alkyl halides is 1. The molecule has 144 valence electrons. The molecular formula is C19H25IO6. The van der Waals surface area contributed by atoms with E-state index in [4.69, 9.17) is 18.9 Å². The first kappa shape index (κ1) is 21.0. The fourth-order valence-electron chi connectivity index (χ4n) is 2.89. The van der Waals surface area contributed by atoms with Gasteiger partial charge in [0.25, 0.3) is 0 Å². The normalized spacial score (nSPS) is 28.3. The maximum absolute atomic E-state index is 11.5. The predicted molar refractivity (Wildman–Crippen MR) is 104 cm³/mol. The molecule has 0 radical (unpaired) electrons. The summed E-state index contributed by atoms with van der Waals surface area (Å²) < 4.78 is 23.5. The van der Waals surface area contributed by atoms with Gasteiger partial charge in [0, 0.05) is 24.2 Å². The van der Waals surface area contributed by atoms with Crippen LogP contribution < -0.4 is 4.74 Å². The molecule has 0 aliphatic carbocycles. The first-order chi connectivity index (χ1) is 12.3. The van der Waals surface area contributed by atoms with E-state index in [0.717, 1.165) is 4.43 Å². The lowest BCUT2D eigenvalue weighted by atomic mass is 9.83. The van der Waals surface area contributed by atoms with Gasteiger partial charge in [0.1, 0.15) is 12.4 Å². The van der Waals surface area contributed by atoms with Crippen molar-refractivity contribution in [3.63, 3.8) is 0 Å². The van der Waals surface area contributed by atoms with E-state index in [1.54, 1.807) is 0 Å². The van der Waals surface area contributed by atoms with Crippen LogP contribution in [0.25, 0.3) is 0 Å². The fraction of sp³-hybridized carbons (Fsp3) is 0.579. The smallest absolute Gasteiger partial charge is 0.303 e. The van der Waals surface area contributed by atoms with E-state index in [-0.39, 0.29) is 36.5 Å². The second-order valence-electron chi connectivity index (χ2n) is 6.53. The molecule has 1 heterocycles. The number of esters is 2. The van der Waals surface area contributed by atoms with Gasteiger partial charge in [-0.3, -0.25) is 9.59 Å². The molecular weight excluding hydrogens is 451 g/mol. The minimum Gasteiger partial charge on any atom is -0.463 e. The summed E-state index contributed by atoms with van der Waals surface area (Å²) in [5.41, 5.74) is 1.19. The Morgan fingerprint density at radius 1 is 1.08 bits per heavy atom. The summed E-state index contributed by atoms with van der Waals surface area (Å²) >= 11 is 2.29. The van der Waals surface area contributed by atoms with E-state index >= 15 is 0 Å². The first-order valence-corrected chi connectivity index (χ1v) is 10.1. The van der Waals surface area contributed by atoms with Crippen LogP contribution in [0.3, 0.4) is 0 Å². The highest BCUT2D eigenvalue weighted by Gasteiger charge is 2.45. The standard InChI is InChI=1S/C19H25IO6/c1-11-12(2)18(24-14(4)22)19(26-17(11)10-23-13(3)21)25-16-7-5-15(9-20)6-8-16/h5-8,11-12,17-19H,9-10H2,1-4H3/t11-,12+,17?,18?,19-/m1/s1. The van der Waals surface area contributed by atoms with Gasteiger partial charge < -0.3 is 18.9 Å². The lowest BCUT2D eigenvalue weighted by molar-refractivity contribution is -0.253. The lowest BCUT2D eigenvalue weighted by Crippen LogP contribution is -2.54. The molecule has 2 unspecified atom stereocenters. The van der Waals surface area contributed by atoms with Crippen molar-refractivity contribution in [2.45, 2.75) is 50.6 Å². The van der Waals surface area contributed by atoms with Crippen molar-refractivity contribution in [3.8, 4) is 5.75 Å². The highest BCUT2D eigenvalue weighted by Crippen LogP contribution is 2.34. The second kappa shape index (κ2) is 9.55. The average molecular weight is 476 g/mol. The molecule has 1 saturated heterocycles. The molecule has 0 saturated carbocycles.